The first-order chi connectivity index (χ1) is 9.65. The molecule has 5 nitrogen and oxygen atoms in total. The van der Waals surface area contributed by atoms with Gasteiger partial charge in [0.1, 0.15) is 11.5 Å². The SMILES string of the molecule is CCC1CCCCCN1Cc1cc(C(=O)NN)c(C)o1. The van der Waals surface area contributed by atoms with Crippen molar-refractivity contribution in [2.75, 3.05) is 6.54 Å². The number of rotatable bonds is 4. The van der Waals surface area contributed by atoms with E-state index in [0.717, 1.165) is 25.3 Å². The molecular formula is C15H25N3O2. The van der Waals surface area contributed by atoms with Gasteiger partial charge < -0.3 is 4.42 Å². The highest BCUT2D eigenvalue weighted by molar-refractivity contribution is 5.94. The molecule has 1 atom stereocenters. The highest BCUT2D eigenvalue weighted by Gasteiger charge is 2.22. The molecule has 5 heteroatoms. The number of nitrogens with zero attached hydrogens (tertiary/aromatic N) is 1. The lowest BCUT2D eigenvalue weighted by molar-refractivity contribution is 0.0952. The summed E-state index contributed by atoms with van der Waals surface area (Å²) in [6.07, 6.45) is 6.28. The summed E-state index contributed by atoms with van der Waals surface area (Å²) in [4.78, 5) is 14.1. The molecule has 1 aromatic rings. The van der Waals surface area contributed by atoms with Crippen molar-refractivity contribution in [2.45, 2.75) is 58.5 Å². The Morgan fingerprint density at radius 3 is 3.00 bits per heavy atom. The molecule has 2 heterocycles. The quantitative estimate of drug-likeness (QED) is 0.504. The number of hydrogen-bond donors (Lipinski definition) is 2. The number of carbonyl (C=O) groups is 1. The Morgan fingerprint density at radius 2 is 2.30 bits per heavy atom. The number of nitrogens with two attached hydrogens (primary N) is 1. The number of nitrogens with one attached hydrogen (secondary N) is 1. The van der Waals surface area contributed by atoms with Crippen LogP contribution in [0.4, 0.5) is 0 Å². The smallest absolute Gasteiger partial charge is 0.268 e. The van der Waals surface area contributed by atoms with Gasteiger partial charge >= 0.3 is 0 Å². The monoisotopic (exact) mass is 279 g/mol. The zero-order valence-electron chi connectivity index (χ0n) is 12.4. The van der Waals surface area contributed by atoms with Crippen LogP contribution >= 0.6 is 0 Å². The summed E-state index contributed by atoms with van der Waals surface area (Å²) >= 11 is 0. The standard InChI is InChI=1S/C15H25N3O2/c1-3-12-7-5-4-6-8-18(12)10-13-9-14(11(2)20-13)15(19)17-16/h9,12H,3-8,10,16H2,1-2H3,(H,17,19). The zero-order valence-corrected chi connectivity index (χ0v) is 12.4. The van der Waals surface area contributed by atoms with Crippen LogP contribution in [0.5, 0.6) is 0 Å². The highest BCUT2D eigenvalue weighted by atomic mass is 16.3. The third-order valence-corrected chi connectivity index (χ3v) is 4.17. The number of carbonyl (C=O) groups excluding carboxylic acids is 1. The molecule has 0 bridgehead atoms. The van der Waals surface area contributed by atoms with Crippen molar-refractivity contribution in [3.63, 3.8) is 0 Å². The number of aryl methyl sites for hydroxylation is 1. The molecule has 0 aromatic carbocycles. The van der Waals surface area contributed by atoms with Gasteiger partial charge in [-0.1, -0.05) is 19.8 Å². The average molecular weight is 279 g/mol. The van der Waals surface area contributed by atoms with Crippen LogP contribution in [0, 0.1) is 6.92 Å². The van der Waals surface area contributed by atoms with E-state index in [2.05, 4.69) is 17.2 Å². The second kappa shape index (κ2) is 6.90. The fraction of sp³-hybridized carbons (Fsp3) is 0.667. The molecule has 0 spiro atoms. The molecule has 1 saturated heterocycles. The Balaban J connectivity index is 2.10. The largest absolute Gasteiger partial charge is 0.464 e. The van der Waals surface area contributed by atoms with Gasteiger partial charge in [0.25, 0.3) is 5.91 Å². The Morgan fingerprint density at radius 1 is 1.50 bits per heavy atom. The predicted octanol–water partition coefficient (Wildman–Crippen LogP) is 2.35. The van der Waals surface area contributed by atoms with Crippen molar-refractivity contribution in [3.05, 3.63) is 23.2 Å². The normalized spacial score (nSPS) is 20.6. The minimum absolute atomic E-state index is 0.291. The Bertz CT molecular complexity index is 456. The number of nitrogen functional groups attached to an aromatic ring is 1. The van der Waals surface area contributed by atoms with Crippen molar-refractivity contribution in [1.82, 2.24) is 10.3 Å². The zero-order chi connectivity index (χ0) is 14.5. The van der Waals surface area contributed by atoms with Crippen LogP contribution in [-0.4, -0.2) is 23.4 Å². The fourth-order valence-electron chi connectivity index (χ4n) is 3.03. The summed E-state index contributed by atoms with van der Waals surface area (Å²) in [5, 5.41) is 0. The fourth-order valence-corrected chi connectivity index (χ4v) is 3.03. The van der Waals surface area contributed by atoms with Gasteiger partial charge in [-0.05, 0) is 38.8 Å². The first kappa shape index (κ1) is 15.1. The van der Waals surface area contributed by atoms with Crippen LogP contribution in [0.1, 0.15) is 60.9 Å². The molecule has 1 aliphatic rings. The second-order valence-corrected chi connectivity index (χ2v) is 5.54. The Labute approximate surface area is 120 Å². The molecule has 1 unspecified atom stereocenters. The van der Waals surface area contributed by atoms with Crippen LogP contribution in [0.2, 0.25) is 0 Å². The maximum atomic E-state index is 11.6. The lowest BCUT2D eigenvalue weighted by Crippen LogP contribution is -2.33. The summed E-state index contributed by atoms with van der Waals surface area (Å²) in [6, 6.07) is 2.43. The number of likely N-dealkylation sites (tertiary alicyclic amines) is 1. The molecule has 112 valence electrons. The van der Waals surface area contributed by atoms with Crippen LogP contribution in [0.25, 0.3) is 0 Å². The van der Waals surface area contributed by atoms with Crippen LogP contribution in [0.3, 0.4) is 0 Å². The number of hydrogen-bond acceptors (Lipinski definition) is 4. The summed E-state index contributed by atoms with van der Waals surface area (Å²) in [7, 11) is 0. The average Bonchev–Trinajstić information content (AvgIpc) is 2.67. The van der Waals surface area contributed by atoms with Gasteiger partial charge in [0.2, 0.25) is 0 Å². The van der Waals surface area contributed by atoms with Crippen molar-refractivity contribution in [1.29, 1.82) is 0 Å². The Kier molecular flexibility index (Phi) is 5.20. The topological polar surface area (TPSA) is 71.5 Å². The third-order valence-electron chi connectivity index (χ3n) is 4.17. The Hall–Kier alpha value is -1.33. The van der Waals surface area contributed by atoms with E-state index >= 15 is 0 Å². The van der Waals surface area contributed by atoms with Crippen LogP contribution in [0.15, 0.2) is 10.5 Å². The lowest BCUT2D eigenvalue weighted by atomic mass is 10.1. The molecule has 1 amide bonds. The minimum Gasteiger partial charge on any atom is -0.464 e. The molecule has 1 aliphatic heterocycles. The number of hydrazine groups is 1. The third kappa shape index (κ3) is 3.41. The van der Waals surface area contributed by atoms with E-state index in [1.54, 1.807) is 6.92 Å². The molecule has 0 saturated carbocycles. The van der Waals surface area contributed by atoms with Gasteiger partial charge in [-0.25, -0.2) is 5.84 Å². The van der Waals surface area contributed by atoms with E-state index in [4.69, 9.17) is 10.3 Å². The van der Waals surface area contributed by atoms with Gasteiger partial charge in [-0.2, -0.15) is 0 Å². The summed E-state index contributed by atoms with van der Waals surface area (Å²) in [6.45, 7) is 5.92. The van der Waals surface area contributed by atoms with E-state index in [9.17, 15) is 4.79 Å². The van der Waals surface area contributed by atoms with E-state index in [0.29, 0.717) is 17.4 Å². The molecular weight excluding hydrogens is 254 g/mol. The number of amides is 1. The molecule has 1 fully saturated rings. The molecule has 1 aromatic heterocycles. The molecule has 0 aliphatic carbocycles. The van der Waals surface area contributed by atoms with Crippen LogP contribution in [-0.2, 0) is 6.54 Å². The van der Waals surface area contributed by atoms with Crippen molar-refractivity contribution >= 4 is 5.91 Å². The van der Waals surface area contributed by atoms with Gasteiger partial charge in [0, 0.05) is 6.04 Å². The summed E-state index contributed by atoms with van der Waals surface area (Å²) in [5.74, 6) is 6.37. The summed E-state index contributed by atoms with van der Waals surface area (Å²) < 4.78 is 5.72. The van der Waals surface area contributed by atoms with E-state index < -0.39 is 0 Å². The molecule has 2 rings (SSSR count). The second-order valence-electron chi connectivity index (χ2n) is 5.54. The highest BCUT2D eigenvalue weighted by Crippen LogP contribution is 2.23. The van der Waals surface area contributed by atoms with E-state index in [-0.39, 0.29) is 5.91 Å². The molecule has 3 N–H and O–H groups in total. The first-order valence-electron chi connectivity index (χ1n) is 7.50. The molecule has 0 radical (unpaired) electrons. The minimum atomic E-state index is -0.291. The summed E-state index contributed by atoms with van der Waals surface area (Å²) in [5.41, 5.74) is 2.69. The van der Waals surface area contributed by atoms with E-state index in [1.807, 2.05) is 6.07 Å². The lowest BCUT2D eigenvalue weighted by Gasteiger charge is -2.28. The van der Waals surface area contributed by atoms with Crippen LogP contribution < -0.4 is 11.3 Å². The van der Waals surface area contributed by atoms with Crippen molar-refractivity contribution in [3.8, 4) is 0 Å². The maximum absolute atomic E-state index is 11.6. The first-order valence-corrected chi connectivity index (χ1v) is 7.50. The number of furan rings is 1. The van der Waals surface area contributed by atoms with Gasteiger partial charge in [-0.15, -0.1) is 0 Å². The van der Waals surface area contributed by atoms with Crippen molar-refractivity contribution in [2.24, 2.45) is 5.84 Å². The van der Waals surface area contributed by atoms with Gasteiger partial charge in [0.15, 0.2) is 0 Å². The predicted molar refractivity (Wildman–Crippen MR) is 78.1 cm³/mol. The van der Waals surface area contributed by atoms with Crippen molar-refractivity contribution < 1.29 is 9.21 Å². The maximum Gasteiger partial charge on any atom is 0.268 e. The van der Waals surface area contributed by atoms with Gasteiger partial charge in [-0.3, -0.25) is 15.1 Å². The van der Waals surface area contributed by atoms with Gasteiger partial charge in [0.05, 0.1) is 12.1 Å². The van der Waals surface area contributed by atoms with E-state index in [1.165, 1.54) is 25.7 Å². The molecule has 20 heavy (non-hydrogen) atoms.